The number of hydrogen-bond acceptors (Lipinski definition) is 4. The number of amides is 1. The van der Waals surface area contributed by atoms with E-state index >= 15 is 0 Å². The van der Waals surface area contributed by atoms with Crippen LogP contribution in [0.15, 0.2) is 4.99 Å². The van der Waals surface area contributed by atoms with Crippen molar-refractivity contribution in [3.63, 3.8) is 0 Å². The first-order chi connectivity index (χ1) is 9.20. The van der Waals surface area contributed by atoms with Crippen molar-refractivity contribution in [2.45, 2.75) is 65.9 Å². The molecule has 5 nitrogen and oxygen atoms in total. The van der Waals surface area contributed by atoms with Gasteiger partial charge in [0.1, 0.15) is 11.4 Å². The second-order valence-electron chi connectivity index (χ2n) is 6.02. The van der Waals surface area contributed by atoms with Gasteiger partial charge in [0.2, 0.25) is 0 Å². The third-order valence-corrected chi connectivity index (χ3v) is 2.44. The van der Waals surface area contributed by atoms with E-state index in [4.69, 9.17) is 4.74 Å². The topological polar surface area (TPSA) is 67.8 Å². The number of nitrogens with zero attached hydrogens (tertiary/aromatic N) is 1. The standard InChI is InChI=1S/C15H28N2O3/c1-12(17-14(19)20-15(3,4)5)11-16-10-8-6-7-9-13(2)18/h16H,6-11H2,1-5H3/b17-12+. The van der Waals surface area contributed by atoms with E-state index in [0.29, 0.717) is 18.7 Å². The summed E-state index contributed by atoms with van der Waals surface area (Å²) in [7, 11) is 0. The van der Waals surface area contributed by atoms with Gasteiger partial charge in [0.15, 0.2) is 0 Å². The maximum atomic E-state index is 11.4. The molecule has 1 amide bonds. The van der Waals surface area contributed by atoms with E-state index in [1.54, 1.807) is 13.8 Å². The number of ketones is 1. The Morgan fingerprint density at radius 2 is 1.75 bits per heavy atom. The molecule has 0 aromatic rings. The number of Topliss-reactive ketones (excluding diaryl/α,β-unsaturated/α-hetero) is 1. The molecule has 0 aliphatic carbocycles. The van der Waals surface area contributed by atoms with Crippen molar-refractivity contribution in [1.29, 1.82) is 0 Å². The van der Waals surface area contributed by atoms with Crippen LogP contribution in [0.25, 0.3) is 0 Å². The Morgan fingerprint density at radius 3 is 2.30 bits per heavy atom. The van der Waals surface area contributed by atoms with E-state index in [2.05, 4.69) is 10.3 Å². The van der Waals surface area contributed by atoms with Gasteiger partial charge in [-0.05, 0) is 54.0 Å². The lowest BCUT2D eigenvalue weighted by molar-refractivity contribution is -0.117. The molecule has 0 unspecified atom stereocenters. The molecule has 0 saturated heterocycles. The number of unbranched alkanes of at least 4 members (excludes halogenated alkanes) is 2. The molecule has 116 valence electrons. The minimum Gasteiger partial charge on any atom is -0.442 e. The van der Waals surface area contributed by atoms with Crippen LogP contribution in [0, 0.1) is 0 Å². The Morgan fingerprint density at radius 1 is 1.10 bits per heavy atom. The van der Waals surface area contributed by atoms with E-state index in [-0.39, 0.29) is 5.78 Å². The molecule has 0 saturated carbocycles. The molecular weight excluding hydrogens is 256 g/mol. The number of nitrogens with one attached hydrogen (secondary N) is 1. The quantitative estimate of drug-likeness (QED) is 0.549. The average Bonchev–Trinajstić information content (AvgIpc) is 2.24. The molecule has 0 fully saturated rings. The Labute approximate surface area is 122 Å². The van der Waals surface area contributed by atoms with Gasteiger partial charge in [-0.2, -0.15) is 4.99 Å². The van der Waals surface area contributed by atoms with Crippen molar-refractivity contribution in [2.24, 2.45) is 4.99 Å². The zero-order valence-electron chi connectivity index (χ0n) is 13.4. The van der Waals surface area contributed by atoms with Gasteiger partial charge in [-0.15, -0.1) is 0 Å². The number of aliphatic imine (C=N–C) groups is 1. The van der Waals surface area contributed by atoms with E-state index in [9.17, 15) is 9.59 Å². The van der Waals surface area contributed by atoms with Crippen LogP contribution in [0.1, 0.15) is 60.3 Å². The predicted octanol–water partition coefficient (Wildman–Crippen LogP) is 3.12. The summed E-state index contributed by atoms with van der Waals surface area (Å²) < 4.78 is 5.10. The summed E-state index contributed by atoms with van der Waals surface area (Å²) >= 11 is 0. The van der Waals surface area contributed by atoms with E-state index < -0.39 is 11.7 Å². The SMILES string of the molecule is CC(=O)CCCCCNC/C(C)=N/C(=O)OC(C)(C)C. The van der Waals surface area contributed by atoms with Crippen LogP contribution < -0.4 is 5.32 Å². The summed E-state index contributed by atoms with van der Waals surface area (Å²) in [5.74, 6) is 0.248. The molecule has 5 heteroatoms. The van der Waals surface area contributed by atoms with Crippen LogP contribution in [0.3, 0.4) is 0 Å². The van der Waals surface area contributed by atoms with Gasteiger partial charge in [0, 0.05) is 18.7 Å². The third-order valence-electron chi connectivity index (χ3n) is 2.44. The highest BCUT2D eigenvalue weighted by Gasteiger charge is 2.15. The molecule has 0 spiro atoms. The summed E-state index contributed by atoms with van der Waals surface area (Å²) in [5, 5.41) is 3.22. The maximum absolute atomic E-state index is 11.4. The lowest BCUT2D eigenvalue weighted by Crippen LogP contribution is -2.25. The van der Waals surface area contributed by atoms with Crippen LogP contribution in [0.5, 0.6) is 0 Å². The molecular formula is C15H28N2O3. The number of ether oxygens (including phenoxy) is 1. The molecule has 0 aromatic heterocycles. The molecule has 0 radical (unpaired) electrons. The molecule has 0 rings (SSSR count). The molecule has 0 aliphatic rings. The van der Waals surface area contributed by atoms with Crippen LogP contribution >= 0.6 is 0 Å². The first-order valence-electron chi connectivity index (χ1n) is 7.18. The van der Waals surface area contributed by atoms with Crippen LogP contribution in [-0.4, -0.2) is 36.3 Å². The van der Waals surface area contributed by atoms with Crippen LogP contribution in [-0.2, 0) is 9.53 Å². The third kappa shape index (κ3) is 13.2. The molecule has 0 bridgehead atoms. The number of rotatable bonds is 8. The number of carbonyl (C=O) groups is 2. The Bertz CT molecular complexity index is 344. The summed E-state index contributed by atoms with van der Waals surface area (Å²) in [6, 6.07) is 0. The summed E-state index contributed by atoms with van der Waals surface area (Å²) in [5.41, 5.74) is 0.202. The molecule has 0 atom stereocenters. The van der Waals surface area contributed by atoms with E-state index in [0.717, 1.165) is 25.8 Å². The summed E-state index contributed by atoms with van der Waals surface area (Å²) in [6.07, 6.45) is 3.13. The lowest BCUT2D eigenvalue weighted by atomic mass is 10.1. The monoisotopic (exact) mass is 284 g/mol. The van der Waals surface area contributed by atoms with Crippen molar-refractivity contribution in [3.05, 3.63) is 0 Å². The first kappa shape index (κ1) is 18.8. The number of hydrogen-bond donors (Lipinski definition) is 1. The van der Waals surface area contributed by atoms with Gasteiger partial charge < -0.3 is 14.8 Å². The molecule has 1 N–H and O–H groups in total. The van der Waals surface area contributed by atoms with Crippen molar-refractivity contribution in [3.8, 4) is 0 Å². The van der Waals surface area contributed by atoms with Gasteiger partial charge in [0.05, 0.1) is 0 Å². The highest BCUT2D eigenvalue weighted by Crippen LogP contribution is 2.07. The largest absolute Gasteiger partial charge is 0.442 e. The van der Waals surface area contributed by atoms with E-state index in [1.165, 1.54) is 0 Å². The van der Waals surface area contributed by atoms with Crippen LogP contribution in [0.2, 0.25) is 0 Å². The molecule has 0 aliphatic heterocycles. The minimum atomic E-state index is -0.543. The van der Waals surface area contributed by atoms with Gasteiger partial charge in [-0.25, -0.2) is 4.79 Å². The molecule has 0 aromatic carbocycles. The lowest BCUT2D eigenvalue weighted by Gasteiger charge is -2.17. The fourth-order valence-electron chi connectivity index (χ4n) is 1.55. The van der Waals surface area contributed by atoms with Crippen molar-refractivity contribution in [2.75, 3.05) is 13.1 Å². The fraction of sp³-hybridized carbons (Fsp3) is 0.800. The zero-order valence-corrected chi connectivity index (χ0v) is 13.4. The molecule has 0 heterocycles. The molecule has 20 heavy (non-hydrogen) atoms. The van der Waals surface area contributed by atoms with Crippen molar-refractivity contribution >= 4 is 17.6 Å². The van der Waals surface area contributed by atoms with Gasteiger partial charge in [0.25, 0.3) is 0 Å². The number of carbonyl (C=O) groups excluding carboxylic acids is 2. The zero-order chi connectivity index (χ0) is 15.6. The Hall–Kier alpha value is -1.23. The summed E-state index contributed by atoms with van der Waals surface area (Å²) in [4.78, 5) is 26.1. The maximum Gasteiger partial charge on any atom is 0.434 e. The van der Waals surface area contributed by atoms with Crippen LogP contribution in [0.4, 0.5) is 4.79 Å². The average molecular weight is 284 g/mol. The normalized spacial score (nSPS) is 12.3. The smallest absolute Gasteiger partial charge is 0.434 e. The second kappa shape index (κ2) is 9.64. The minimum absolute atomic E-state index is 0.248. The first-order valence-corrected chi connectivity index (χ1v) is 7.18. The van der Waals surface area contributed by atoms with Crippen molar-refractivity contribution in [1.82, 2.24) is 5.32 Å². The van der Waals surface area contributed by atoms with Gasteiger partial charge >= 0.3 is 6.09 Å². The fourth-order valence-corrected chi connectivity index (χ4v) is 1.55. The second-order valence-corrected chi connectivity index (χ2v) is 6.02. The van der Waals surface area contributed by atoms with Crippen molar-refractivity contribution < 1.29 is 14.3 Å². The Kier molecular flexibility index (Phi) is 9.05. The van der Waals surface area contributed by atoms with E-state index in [1.807, 2.05) is 20.8 Å². The van der Waals surface area contributed by atoms with Gasteiger partial charge in [-0.1, -0.05) is 6.42 Å². The highest BCUT2D eigenvalue weighted by atomic mass is 16.6. The summed E-state index contributed by atoms with van der Waals surface area (Å²) in [6.45, 7) is 10.3. The predicted molar refractivity (Wildman–Crippen MR) is 81.4 cm³/mol. The highest BCUT2D eigenvalue weighted by molar-refractivity contribution is 5.93. The van der Waals surface area contributed by atoms with Gasteiger partial charge in [-0.3, -0.25) is 0 Å². The Balaban J connectivity index is 3.69.